The standard InChI is InChI=1S/C76H148O17P2/c1-6-9-12-15-18-21-24-26-28-29-30-31-32-33-34-35-37-39-42-45-52-57-62-76(81)92-71(65-86-73(78)59-54-49-43-41-38-36-27-25-22-19-16-13-10-7-2)67-90-94(82,83)88-63-70(77)64-89-95(84,85)91-68-72(66-87-74(79)60-55-50-47-46-48-53-58-69(4)5)93-75(80)61-56-51-44-40-23-20-17-14-11-8-3/h69-72,77H,6-68H2,1-5H3,(H,82,83)(H,84,85)/t70-,71-,72-/m1/s1. The molecule has 0 saturated carbocycles. The molecule has 0 bridgehead atoms. The number of carbonyl (C=O) groups excluding carboxylic acids is 4. The highest BCUT2D eigenvalue weighted by molar-refractivity contribution is 7.47. The van der Waals surface area contributed by atoms with Crippen molar-refractivity contribution in [3.8, 4) is 0 Å². The molecule has 564 valence electrons. The first-order valence-electron chi connectivity index (χ1n) is 39.6. The normalized spacial score (nSPS) is 13.9. The molecule has 0 aliphatic carbocycles. The number of hydrogen-bond acceptors (Lipinski definition) is 15. The van der Waals surface area contributed by atoms with Gasteiger partial charge in [0.15, 0.2) is 12.2 Å². The Morgan fingerprint density at radius 1 is 0.284 bits per heavy atom. The van der Waals surface area contributed by atoms with Crippen LogP contribution in [0.1, 0.15) is 401 Å². The third-order valence-corrected chi connectivity index (χ3v) is 19.7. The van der Waals surface area contributed by atoms with Crippen molar-refractivity contribution in [3.63, 3.8) is 0 Å². The molecule has 0 aromatic heterocycles. The van der Waals surface area contributed by atoms with Crippen LogP contribution in [0.2, 0.25) is 0 Å². The van der Waals surface area contributed by atoms with Crippen molar-refractivity contribution >= 4 is 39.5 Å². The molecule has 0 saturated heterocycles. The summed E-state index contributed by atoms with van der Waals surface area (Å²) in [5, 5.41) is 10.6. The molecular formula is C76H148O17P2. The largest absolute Gasteiger partial charge is 0.472 e. The highest BCUT2D eigenvalue weighted by Gasteiger charge is 2.30. The van der Waals surface area contributed by atoms with E-state index in [0.717, 1.165) is 96.3 Å². The Hall–Kier alpha value is -1.94. The first-order valence-corrected chi connectivity index (χ1v) is 42.6. The van der Waals surface area contributed by atoms with Gasteiger partial charge in [-0.2, -0.15) is 0 Å². The molecule has 2 unspecified atom stereocenters. The molecule has 5 atom stereocenters. The van der Waals surface area contributed by atoms with Crippen LogP contribution < -0.4 is 0 Å². The van der Waals surface area contributed by atoms with Crippen molar-refractivity contribution in [2.75, 3.05) is 39.6 Å². The molecule has 3 N–H and O–H groups in total. The van der Waals surface area contributed by atoms with Crippen molar-refractivity contribution in [2.24, 2.45) is 5.92 Å². The average Bonchev–Trinajstić information content (AvgIpc) is 1.94. The summed E-state index contributed by atoms with van der Waals surface area (Å²) in [6, 6.07) is 0. The topological polar surface area (TPSA) is 237 Å². The van der Waals surface area contributed by atoms with Gasteiger partial charge < -0.3 is 33.8 Å². The van der Waals surface area contributed by atoms with Crippen LogP contribution >= 0.6 is 15.6 Å². The number of hydrogen-bond donors (Lipinski definition) is 3. The van der Waals surface area contributed by atoms with Gasteiger partial charge >= 0.3 is 39.5 Å². The fourth-order valence-electron chi connectivity index (χ4n) is 11.7. The number of esters is 4. The van der Waals surface area contributed by atoms with Gasteiger partial charge in [0.1, 0.15) is 19.3 Å². The monoisotopic (exact) mass is 1400 g/mol. The van der Waals surface area contributed by atoms with Crippen molar-refractivity contribution in [2.45, 2.75) is 419 Å². The number of phosphoric ester groups is 2. The Balaban J connectivity index is 5.16. The van der Waals surface area contributed by atoms with E-state index >= 15 is 0 Å². The smallest absolute Gasteiger partial charge is 0.462 e. The van der Waals surface area contributed by atoms with Gasteiger partial charge in [-0.15, -0.1) is 0 Å². The fraction of sp³-hybridized carbons (Fsp3) is 0.947. The highest BCUT2D eigenvalue weighted by atomic mass is 31.2. The fourth-order valence-corrected chi connectivity index (χ4v) is 13.3. The summed E-state index contributed by atoms with van der Waals surface area (Å²) in [6.45, 7) is 7.19. The van der Waals surface area contributed by atoms with E-state index < -0.39 is 97.5 Å². The molecule has 0 rings (SSSR count). The summed E-state index contributed by atoms with van der Waals surface area (Å²) in [4.78, 5) is 72.7. The number of aliphatic hydroxyl groups excluding tert-OH is 1. The molecule has 0 aliphatic rings. The van der Waals surface area contributed by atoms with Crippen LogP contribution in [0.4, 0.5) is 0 Å². The minimum atomic E-state index is -4.96. The van der Waals surface area contributed by atoms with Gasteiger partial charge in [-0.25, -0.2) is 9.13 Å². The predicted octanol–water partition coefficient (Wildman–Crippen LogP) is 22.5. The van der Waals surface area contributed by atoms with Crippen LogP contribution in [0.15, 0.2) is 0 Å². The van der Waals surface area contributed by atoms with Crippen LogP contribution in [-0.4, -0.2) is 96.7 Å². The number of unbranched alkanes of at least 4 members (excludes halogenated alkanes) is 48. The predicted molar refractivity (Wildman–Crippen MR) is 386 cm³/mol. The van der Waals surface area contributed by atoms with Crippen LogP contribution in [0.25, 0.3) is 0 Å². The van der Waals surface area contributed by atoms with Gasteiger partial charge in [-0.1, -0.05) is 349 Å². The van der Waals surface area contributed by atoms with E-state index in [-0.39, 0.29) is 25.7 Å². The Kier molecular flexibility index (Phi) is 67.7. The lowest BCUT2D eigenvalue weighted by atomic mass is 10.0. The second-order valence-electron chi connectivity index (χ2n) is 27.9. The minimum Gasteiger partial charge on any atom is -0.462 e. The van der Waals surface area contributed by atoms with Crippen LogP contribution in [0, 0.1) is 5.92 Å². The zero-order chi connectivity index (χ0) is 69.8. The van der Waals surface area contributed by atoms with Gasteiger partial charge in [0.05, 0.1) is 26.4 Å². The number of aliphatic hydroxyl groups is 1. The molecule has 0 aliphatic heterocycles. The SMILES string of the molecule is CCCCCCCCCCCCCCCCCCCCCCCCC(=O)O[C@H](COC(=O)CCCCCCCCCCCCCCCC)COP(=O)(O)OC[C@@H](O)COP(=O)(O)OC[C@@H](COC(=O)CCCCCCCCC(C)C)OC(=O)CCCCCCCCCCCC. The Morgan fingerprint density at radius 2 is 0.484 bits per heavy atom. The molecule has 95 heavy (non-hydrogen) atoms. The Bertz CT molecular complexity index is 1820. The lowest BCUT2D eigenvalue weighted by Crippen LogP contribution is -2.30. The maximum atomic E-state index is 13.1. The van der Waals surface area contributed by atoms with E-state index in [1.807, 2.05) is 0 Å². The van der Waals surface area contributed by atoms with Gasteiger partial charge in [0.25, 0.3) is 0 Å². The maximum absolute atomic E-state index is 13.1. The molecule has 0 amide bonds. The highest BCUT2D eigenvalue weighted by Crippen LogP contribution is 2.45. The molecule has 0 radical (unpaired) electrons. The van der Waals surface area contributed by atoms with Crippen molar-refractivity contribution in [3.05, 3.63) is 0 Å². The second kappa shape index (κ2) is 69.2. The molecule has 0 spiro atoms. The lowest BCUT2D eigenvalue weighted by molar-refractivity contribution is -0.161. The van der Waals surface area contributed by atoms with Crippen LogP contribution in [0.5, 0.6) is 0 Å². The van der Waals surface area contributed by atoms with E-state index in [1.165, 1.54) is 218 Å². The van der Waals surface area contributed by atoms with E-state index in [1.54, 1.807) is 0 Å². The van der Waals surface area contributed by atoms with Gasteiger partial charge in [0.2, 0.25) is 0 Å². The van der Waals surface area contributed by atoms with Crippen LogP contribution in [0.3, 0.4) is 0 Å². The second-order valence-corrected chi connectivity index (χ2v) is 30.8. The summed E-state index contributed by atoms with van der Waals surface area (Å²) in [5.41, 5.74) is 0. The van der Waals surface area contributed by atoms with E-state index in [2.05, 4.69) is 34.6 Å². The third kappa shape index (κ3) is 70.3. The zero-order valence-electron chi connectivity index (χ0n) is 61.8. The molecule has 19 heteroatoms. The Labute approximate surface area is 581 Å². The van der Waals surface area contributed by atoms with Crippen LogP contribution in [-0.2, 0) is 65.4 Å². The summed E-state index contributed by atoms with van der Waals surface area (Å²) >= 11 is 0. The molecular weight excluding hydrogens is 1250 g/mol. The van der Waals surface area contributed by atoms with Gasteiger partial charge in [-0.05, 0) is 31.6 Å². The van der Waals surface area contributed by atoms with Crippen molar-refractivity contribution in [1.82, 2.24) is 0 Å². The summed E-state index contributed by atoms with van der Waals surface area (Å²) in [6.07, 6.45) is 58.6. The van der Waals surface area contributed by atoms with Crippen molar-refractivity contribution < 1.29 is 80.2 Å². The maximum Gasteiger partial charge on any atom is 0.472 e. The van der Waals surface area contributed by atoms with E-state index in [0.29, 0.717) is 31.6 Å². The van der Waals surface area contributed by atoms with Crippen molar-refractivity contribution in [1.29, 1.82) is 0 Å². The van der Waals surface area contributed by atoms with Gasteiger partial charge in [0, 0.05) is 25.7 Å². The Morgan fingerprint density at radius 3 is 0.716 bits per heavy atom. The quantitative estimate of drug-likeness (QED) is 0.0222. The minimum absolute atomic E-state index is 0.106. The number of carbonyl (C=O) groups is 4. The van der Waals surface area contributed by atoms with E-state index in [4.69, 9.17) is 37.0 Å². The molecule has 0 fully saturated rings. The molecule has 17 nitrogen and oxygen atoms in total. The average molecular weight is 1400 g/mol. The lowest BCUT2D eigenvalue weighted by Gasteiger charge is -2.21. The molecule has 0 heterocycles. The number of rotatable bonds is 76. The van der Waals surface area contributed by atoms with E-state index in [9.17, 15) is 43.2 Å². The first kappa shape index (κ1) is 93.1. The van der Waals surface area contributed by atoms with Gasteiger partial charge in [-0.3, -0.25) is 37.3 Å². The summed E-state index contributed by atoms with van der Waals surface area (Å²) < 4.78 is 68.4. The summed E-state index contributed by atoms with van der Waals surface area (Å²) in [5.74, 6) is -1.44. The summed E-state index contributed by atoms with van der Waals surface area (Å²) in [7, 11) is -9.90. The molecule has 0 aromatic rings. The first-order chi connectivity index (χ1) is 46.0. The molecule has 0 aromatic carbocycles. The third-order valence-electron chi connectivity index (χ3n) is 17.8. The number of phosphoric acid groups is 2. The number of ether oxygens (including phenoxy) is 4. The zero-order valence-corrected chi connectivity index (χ0v) is 63.6.